The molecule has 3 aromatic rings. The van der Waals surface area contributed by atoms with E-state index in [9.17, 15) is 4.79 Å². The minimum absolute atomic E-state index is 0.00419. The van der Waals surface area contributed by atoms with Gasteiger partial charge >= 0.3 is 0 Å². The maximum absolute atomic E-state index is 12.8. The molecule has 0 atom stereocenters. The Morgan fingerprint density at radius 3 is 2.67 bits per heavy atom. The van der Waals surface area contributed by atoms with Crippen molar-refractivity contribution in [3.05, 3.63) is 59.9 Å². The van der Waals surface area contributed by atoms with Gasteiger partial charge in [-0.3, -0.25) is 4.79 Å². The highest BCUT2D eigenvalue weighted by Gasteiger charge is 2.25. The number of fused-ring (bicyclic) bond motifs is 1. The van der Waals surface area contributed by atoms with Crippen LogP contribution in [0.2, 0.25) is 0 Å². The Bertz CT molecular complexity index is 934. The number of piperidine rings is 1. The van der Waals surface area contributed by atoms with Gasteiger partial charge in [0.2, 0.25) is 5.88 Å². The van der Waals surface area contributed by atoms with Gasteiger partial charge in [0.05, 0.1) is 17.8 Å². The van der Waals surface area contributed by atoms with Crippen molar-refractivity contribution in [1.29, 1.82) is 0 Å². The zero-order valence-electron chi connectivity index (χ0n) is 15.3. The molecular weight excluding hydrogens is 340 g/mol. The lowest BCUT2D eigenvalue weighted by Crippen LogP contribution is -2.40. The molecule has 0 unspecified atom stereocenters. The summed E-state index contributed by atoms with van der Waals surface area (Å²) in [7, 11) is 0. The van der Waals surface area contributed by atoms with Gasteiger partial charge in [-0.05, 0) is 43.9 Å². The SMILES string of the molecule is Cc1ccc(OCC2CCN(C(=O)c3ccc4ccccc4n3)CC2)nn1. The minimum atomic E-state index is 0.00419. The largest absolute Gasteiger partial charge is 0.476 e. The Kier molecular flexibility index (Phi) is 4.96. The molecule has 1 aliphatic rings. The van der Waals surface area contributed by atoms with Crippen LogP contribution in [0.4, 0.5) is 0 Å². The molecule has 6 heteroatoms. The Hall–Kier alpha value is -3.02. The summed E-state index contributed by atoms with van der Waals surface area (Å²) in [6.45, 7) is 3.95. The summed E-state index contributed by atoms with van der Waals surface area (Å²) in [4.78, 5) is 19.2. The second-order valence-corrected chi connectivity index (χ2v) is 6.95. The van der Waals surface area contributed by atoms with E-state index >= 15 is 0 Å². The first-order chi connectivity index (χ1) is 13.2. The van der Waals surface area contributed by atoms with Crippen molar-refractivity contribution in [3.8, 4) is 5.88 Å². The fourth-order valence-electron chi connectivity index (χ4n) is 3.32. The summed E-state index contributed by atoms with van der Waals surface area (Å²) in [6, 6.07) is 15.3. The molecule has 27 heavy (non-hydrogen) atoms. The lowest BCUT2D eigenvalue weighted by atomic mass is 9.97. The summed E-state index contributed by atoms with van der Waals surface area (Å²) in [5, 5.41) is 9.07. The maximum Gasteiger partial charge on any atom is 0.272 e. The number of rotatable bonds is 4. The highest BCUT2D eigenvalue weighted by atomic mass is 16.5. The van der Waals surface area contributed by atoms with Crippen LogP contribution in [0.25, 0.3) is 10.9 Å². The molecule has 2 aromatic heterocycles. The fraction of sp³-hybridized carbons (Fsp3) is 0.333. The normalized spacial score (nSPS) is 15.1. The van der Waals surface area contributed by atoms with E-state index in [4.69, 9.17) is 4.74 Å². The summed E-state index contributed by atoms with van der Waals surface area (Å²) >= 11 is 0. The fourth-order valence-corrected chi connectivity index (χ4v) is 3.32. The Morgan fingerprint density at radius 1 is 1.07 bits per heavy atom. The van der Waals surface area contributed by atoms with Crippen LogP contribution in [0.5, 0.6) is 5.88 Å². The molecule has 1 saturated heterocycles. The van der Waals surface area contributed by atoms with Crippen LogP contribution < -0.4 is 4.74 Å². The van der Waals surface area contributed by atoms with Crippen molar-refractivity contribution in [3.63, 3.8) is 0 Å². The molecule has 3 heterocycles. The number of benzene rings is 1. The van der Waals surface area contributed by atoms with Crippen LogP contribution in [0.1, 0.15) is 29.0 Å². The third kappa shape index (κ3) is 4.05. The van der Waals surface area contributed by atoms with E-state index in [1.54, 1.807) is 0 Å². The molecule has 0 spiro atoms. The molecule has 1 amide bonds. The van der Waals surface area contributed by atoms with Crippen molar-refractivity contribution in [1.82, 2.24) is 20.1 Å². The number of likely N-dealkylation sites (tertiary alicyclic amines) is 1. The van der Waals surface area contributed by atoms with E-state index in [-0.39, 0.29) is 5.91 Å². The molecule has 1 aromatic carbocycles. The average Bonchev–Trinajstić information content (AvgIpc) is 2.73. The second kappa shape index (κ2) is 7.70. The van der Waals surface area contributed by atoms with E-state index in [1.807, 2.05) is 60.4 Å². The van der Waals surface area contributed by atoms with Crippen molar-refractivity contribution in [2.45, 2.75) is 19.8 Å². The van der Waals surface area contributed by atoms with Crippen LogP contribution in [0, 0.1) is 12.8 Å². The molecule has 1 aliphatic heterocycles. The van der Waals surface area contributed by atoms with Crippen molar-refractivity contribution < 1.29 is 9.53 Å². The molecule has 4 rings (SSSR count). The topological polar surface area (TPSA) is 68.2 Å². The third-order valence-corrected chi connectivity index (χ3v) is 4.96. The predicted molar refractivity (Wildman–Crippen MR) is 103 cm³/mol. The van der Waals surface area contributed by atoms with Gasteiger partial charge in [-0.2, -0.15) is 5.10 Å². The first-order valence-electron chi connectivity index (χ1n) is 9.27. The molecule has 6 nitrogen and oxygen atoms in total. The Morgan fingerprint density at radius 2 is 1.89 bits per heavy atom. The van der Waals surface area contributed by atoms with E-state index in [0.717, 1.165) is 42.5 Å². The minimum Gasteiger partial charge on any atom is -0.476 e. The zero-order valence-corrected chi connectivity index (χ0v) is 15.3. The number of pyridine rings is 1. The first-order valence-corrected chi connectivity index (χ1v) is 9.27. The van der Waals surface area contributed by atoms with E-state index < -0.39 is 0 Å². The van der Waals surface area contributed by atoms with Crippen LogP contribution in [-0.4, -0.2) is 45.7 Å². The number of para-hydroxylation sites is 1. The number of aryl methyl sites for hydroxylation is 1. The number of hydrogen-bond acceptors (Lipinski definition) is 5. The van der Waals surface area contributed by atoms with Gasteiger partial charge in [0.25, 0.3) is 5.91 Å². The number of aromatic nitrogens is 3. The lowest BCUT2D eigenvalue weighted by molar-refractivity contribution is 0.0653. The van der Waals surface area contributed by atoms with Crippen LogP contribution in [-0.2, 0) is 0 Å². The van der Waals surface area contributed by atoms with Crippen molar-refractivity contribution in [2.24, 2.45) is 5.92 Å². The van der Waals surface area contributed by atoms with Gasteiger partial charge in [0, 0.05) is 24.5 Å². The van der Waals surface area contributed by atoms with Gasteiger partial charge in [-0.15, -0.1) is 5.10 Å². The quantitative estimate of drug-likeness (QED) is 0.712. The Balaban J connectivity index is 1.32. The molecule has 0 radical (unpaired) electrons. The molecule has 0 saturated carbocycles. The summed E-state index contributed by atoms with van der Waals surface area (Å²) in [6.07, 6.45) is 1.83. The van der Waals surface area contributed by atoms with Gasteiger partial charge in [0.15, 0.2) is 0 Å². The highest BCUT2D eigenvalue weighted by Crippen LogP contribution is 2.21. The highest BCUT2D eigenvalue weighted by molar-refractivity contribution is 5.94. The van der Waals surface area contributed by atoms with Crippen molar-refractivity contribution >= 4 is 16.8 Å². The predicted octanol–water partition coefficient (Wildman–Crippen LogP) is 3.26. The van der Waals surface area contributed by atoms with Crippen LogP contribution in [0.3, 0.4) is 0 Å². The summed E-state index contributed by atoms with van der Waals surface area (Å²) in [5.41, 5.74) is 2.24. The Labute approximate surface area is 158 Å². The van der Waals surface area contributed by atoms with Crippen LogP contribution in [0.15, 0.2) is 48.5 Å². The number of carbonyl (C=O) groups is 1. The summed E-state index contributed by atoms with van der Waals surface area (Å²) in [5.74, 6) is 0.978. The second-order valence-electron chi connectivity index (χ2n) is 6.95. The van der Waals surface area contributed by atoms with Crippen molar-refractivity contribution in [2.75, 3.05) is 19.7 Å². The third-order valence-electron chi connectivity index (χ3n) is 4.96. The molecule has 1 fully saturated rings. The molecule has 138 valence electrons. The number of nitrogens with zero attached hydrogens (tertiary/aromatic N) is 4. The van der Waals surface area contributed by atoms with E-state index in [2.05, 4.69) is 15.2 Å². The van der Waals surface area contributed by atoms with Crippen LogP contribution >= 0.6 is 0 Å². The molecule has 0 N–H and O–H groups in total. The monoisotopic (exact) mass is 362 g/mol. The van der Waals surface area contributed by atoms with Gasteiger partial charge in [0.1, 0.15) is 5.69 Å². The van der Waals surface area contributed by atoms with Gasteiger partial charge < -0.3 is 9.64 Å². The number of amides is 1. The number of ether oxygens (including phenoxy) is 1. The number of hydrogen-bond donors (Lipinski definition) is 0. The van der Waals surface area contributed by atoms with Gasteiger partial charge in [-0.1, -0.05) is 24.3 Å². The van der Waals surface area contributed by atoms with E-state index in [0.29, 0.717) is 24.1 Å². The van der Waals surface area contributed by atoms with Gasteiger partial charge in [-0.25, -0.2) is 4.98 Å². The zero-order chi connectivity index (χ0) is 18.6. The molecule has 0 aliphatic carbocycles. The maximum atomic E-state index is 12.8. The lowest BCUT2D eigenvalue weighted by Gasteiger charge is -2.31. The number of carbonyl (C=O) groups excluding carboxylic acids is 1. The molecule has 0 bridgehead atoms. The van der Waals surface area contributed by atoms with E-state index in [1.165, 1.54) is 0 Å². The molecular formula is C21H22N4O2. The summed E-state index contributed by atoms with van der Waals surface area (Å²) < 4.78 is 5.74. The standard InChI is InChI=1S/C21H22N4O2/c1-15-6-9-20(24-23-15)27-14-16-10-12-25(13-11-16)21(26)19-8-7-17-4-2-3-5-18(17)22-19/h2-9,16H,10-14H2,1H3. The first kappa shape index (κ1) is 17.4. The smallest absolute Gasteiger partial charge is 0.272 e. The average molecular weight is 362 g/mol.